The molecule has 0 spiro atoms. The van der Waals surface area contributed by atoms with Crippen LogP contribution in [-0.4, -0.2) is 40.2 Å². The summed E-state index contributed by atoms with van der Waals surface area (Å²) in [4.78, 5) is 13.1. The molecular weight excluding hydrogens is 314 g/mol. The minimum Gasteiger partial charge on any atom is -0.506 e. The number of halogens is 1. The lowest BCUT2D eigenvalue weighted by Gasteiger charge is -2.43. The van der Waals surface area contributed by atoms with E-state index in [1.807, 2.05) is 12.1 Å². The molecule has 0 aliphatic carbocycles. The standard InChI is InChI=1S/C16H18ClN5O/c17-15-5-14(13(18)7-19-15)21-8-10-1-2-11(9-21)22(10)16-4-3-12(23)6-20-16/h3-7,10-11,23H,1-2,8-9,18H2. The second kappa shape index (κ2) is 5.45. The van der Waals surface area contributed by atoms with Crippen molar-refractivity contribution in [1.82, 2.24) is 9.97 Å². The quantitative estimate of drug-likeness (QED) is 0.822. The molecule has 4 heterocycles. The van der Waals surface area contributed by atoms with Crippen LogP contribution in [0.15, 0.2) is 30.6 Å². The Balaban J connectivity index is 1.60. The molecule has 6 nitrogen and oxygen atoms in total. The van der Waals surface area contributed by atoms with E-state index in [4.69, 9.17) is 17.3 Å². The highest BCUT2D eigenvalue weighted by Gasteiger charge is 2.41. The average Bonchev–Trinajstić information content (AvgIpc) is 2.80. The van der Waals surface area contributed by atoms with Gasteiger partial charge in [-0.05, 0) is 25.0 Å². The van der Waals surface area contributed by atoms with Crippen LogP contribution >= 0.6 is 11.6 Å². The van der Waals surface area contributed by atoms with Crippen molar-refractivity contribution in [2.45, 2.75) is 24.9 Å². The molecule has 2 bridgehead atoms. The summed E-state index contributed by atoms with van der Waals surface area (Å²) < 4.78 is 0. The fourth-order valence-electron chi connectivity index (χ4n) is 3.71. The highest BCUT2D eigenvalue weighted by Crippen LogP contribution is 2.37. The fraction of sp³-hybridized carbons (Fsp3) is 0.375. The molecule has 2 aromatic rings. The van der Waals surface area contributed by atoms with E-state index in [1.165, 1.54) is 6.20 Å². The van der Waals surface area contributed by atoms with E-state index in [2.05, 4.69) is 19.8 Å². The number of hydrogen-bond acceptors (Lipinski definition) is 6. The first-order valence-electron chi connectivity index (χ1n) is 7.71. The monoisotopic (exact) mass is 331 g/mol. The molecule has 3 N–H and O–H groups in total. The van der Waals surface area contributed by atoms with Gasteiger partial charge in [0.05, 0.1) is 23.8 Å². The number of piperazine rings is 1. The Morgan fingerprint density at radius 2 is 1.87 bits per heavy atom. The SMILES string of the molecule is Nc1cnc(Cl)cc1N1CC2CCC(C1)N2c1ccc(O)cn1. The van der Waals surface area contributed by atoms with Gasteiger partial charge in [0.15, 0.2) is 0 Å². The number of pyridine rings is 2. The number of anilines is 3. The smallest absolute Gasteiger partial charge is 0.134 e. The molecule has 2 unspecified atom stereocenters. The van der Waals surface area contributed by atoms with E-state index in [9.17, 15) is 5.11 Å². The molecule has 0 amide bonds. The number of nitrogen functional groups attached to an aromatic ring is 1. The minimum absolute atomic E-state index is 0.193. The maximum Gasteiger partial charge on any atom is 0.134 e. The van der Waals surface area contributed by atoms with Crippen LogP contribution in [-0.2, 0) is 0 Å². The molecule has 4 rings (SSSR count). The highest BCUT2D eigenvalue weighted by molar-refractivity contribution is 6.29. The summed E-state index contributed by atoms with van der Waals surface area (Å²) in [7, 11) is 0. The van der Waals surface area contributed by atoms with E-state index in [0.717, 1.165) is 37.4 Å². The van der Waals surface area contributed by atoms with Gasteiger partial charge >= 0.3 is 0 Å². The number of nitrogens with zero attached hydrogens (tertiary/aromatic N) is 4. The summed E-state index contributed by atoms with van der Waals surface area (Å²) in [6, 6.07) is 6.18. The number of fused-ring (bicyclic) bond motifs is 2. The average molecular weight is 332 g/mol. The number of rotatable bonds is 2. The summed E-state index contributed by atoms with van der Waals surface area (Å²) in [6.07, 6.45) is 5.38. The van der Waals surface area contributed by atoms with Crippen LogP contribution in [0, 0.1) is 0 Å². The Morgan fingerprint density at radius 1 is 1.13 bits per heavy atom. The Hall–Kier alpha value is -2.21. The zero-order valence-corrected chi connectivity index (χ0v) is 13.3. The van der Waals surface area contributed by atoms with E-state index >= 15 is 0 Å². The number of nitrogens with two attached hydrogens (primary N) is 1. The maximum absolute atomic E-state index is 9.43. The molecule has 2 aliphatic rings. The highest BCUT2D eigenvalue weighted by atomic mass is 35.5. The van der Waals surface area contributed by atoms with Crippen molar-refractivity contribution in [2.75, 3.05) is 28.6 Å². The number of aromatic hydroxyl groups is 1. The number of aromatic nitrogens is 2. The lowest BCUT2D eigenvalue weighted by Crippen LogP contribution is -2.54. The van der Waals surface area contributed by atoms with Crippen LogP contribution < -0.4 is 15.5 Å². The Morgan fingerprint density at radius 3 is 2.52 bits per heavy atom. The van der Waals surface area contributed by atoms with Gasteiger partial charge in [-0.15, -0.1) is 0 Å². The van der Waals surface area contributed by atoms with E-state index in [-0.39, 0.29) is 5.75 Å². The van der Waals surface area contributed by atoms with Gasteiger partial charge < -0.3 is 20.6 Å². The second-order valence-corrected chi connectivity index (χ2v) is 6.52. The second-order valence-electron chi connectivity index (χ2n) is 6.14. The van der Waals surface area contributed by atoms with E-state index in [0.29, 0.717) is 22.9 Å². The summed E-state index contributed by atoms with van der Waals surface area (Å²) in [5, 5.41) is 9.89. The summed E-state index contributed by atoms with van der Waals surface area (Å²) in [5.74, 6) is 1.12. The molecule has 0 saturated carbocycles. The molecule has 2 aromatic heterocycles. The number of hydrogen-bond donors (Lipinski definition) is 2. The lowest BCUT2D eigenvalue weighted by atomic mass is 10.1. The van der Waals surface area contributed by atoms with Crippen LogP contribution in [0.1, 0.15) is 12.8 Å². The predicted octanol–water partition coefficient (Wildman–Crippen LogP) is 2.28. The molecule has 2 fully saturated rings. The van der Waals surface area contributed by atoms with Crippen molar-refractivity contribution in [3.63, 3.8) is 0 Å². The van der Waals surface area contributed by atoms with Gasteiger partial charge in [-0.3, -0.25) is 0 Å². The maximum atomic E-state index is 9.43. The zero-order chi connectivity index (χ0) is 16.0. The van der Waals surface area contributed by atoms with Crippen LogP contribution in [0.2, 0.25) is 5.15 Å². The van der Waals surface area contributed by atoms with Crippen LogP contribution in [0.4, 0.5) is 17.2 Å². The molecule has 120 valence electrons. The third kappa shape index (κ3) is 2.53. The van der Waals surface area contributed by atoms with Crippen molar-refractivity contribution in [3.05, 3.63) is 35.7 Å². The van der Waals surface area contributed by atoms with Gasteiger partial charge in [0.1, 0.15) is 16.7 Å². The third-order valence-electron chi connectivity index (χ3n) is 4.70. The van der Waals surface area contributed by atoms with E-state index < -0.39 is 0 Å². The Labute approximate surface area is 139 Å². The molecule has 0 radical (unpaired) electrons. The fourth-order valence-corrected chi connectivity index (χ4v) is 3.86. The Kier molecular flexibility index (Phi) is 3.41. The van der Waals surface area contributed by atoms with Gasteiger partial charge in [0.2, 0.25) is 0 Å². The molecule has 2 aliphatic heterocycles. The molecule has 2 atom stereocenters. The van der Waals surface area contributed by atoms with E-state index in [1.54, 1.807) is 12.3 Å². The van der Waals surface area contributed by atoms with Gasteiger partial charge in [-0.25, -0.2) is 9.97 Å². The summed E-state index contributed by atoms with van der Waals surface area (Å²) in [5.41, 5.74) is 7.69. The van der Waals surface area contributed by atoms with Crippen molar-refractivity contribution in [1.29, 1.82) is 0 Å². The van der Waals surface area contributed by atoms with Crippen LogP contribution in [0.3, 0.4) is 0 Å². The zero-order valence-electron chi connectivity index (χ0n) is 12.6. The predicted molar refractivity (Wildman–Crippen MR) is 91.1 cm³/mol. The van der Waals surface area contributed by atoms with Gasteiger partial charge in [0, 0.05) is 31.2 Å². The van der Waals surface area contributed by atoms with Gasteiger partial charge in [0.25, 0.3) is 0 Å². The van der Waals surface area contributed by atoms with Crippen molar-refractivity contribution in [3.8, 4) is 5.75 Å². The molecule has 7 heteroatoms. The first-order valence-corrected chi connectivity index (χ1v) is 8.09. The minimum atomic E-state index is 0.193. The molecule has 0 aromatic carbocycles. The van der Waals surface area contributed by atoms with Gasteiger partial charge in [-0.1, -0.05) is 11.6 Å². The van der Waals surface area contributed by atoms with Crippen molar-refractivity contribution >= 4 is 28.8 Å². The van der Waals surface area contributed by atoms with Gasteiger partial charge in [-0.2, -0.15) is 0 Å². The molecule has 23 heavy (non-hydrogen) atoms. The third-order valence-corrected chi connectivity index (χ3v) is 4.90. The normalized spacial score (nSPS) is 23.3. The lowest BCUT2D eigenvalue weighted by molar-refractivity contribution is 0.471. The molecule has 2 saturated heterocycles. The van der Waals surface area contributed by atoms with Crippen LogP contribution in [0.5, 0.6) is 5.75 Å². The van der Waals surface area contributed by atoms with Crippen molar-refractivity contribution < 1.29 is 5.11 Å². The molecular formula is C16H18ClN5O. The summed E-state index contributed by atoms with van der Waals surface area (Å²) >= 11 is 6.03. The largest absolute Gasteiger partial charge is 0.506 e. The van der Waals surface area contributed by atoms with Crippen molar-refractivity contribution in [2.24, 2.45) is 0 Å². The van der Waals surface area contributed by atoms with Crippen LogP contribution in [0.25, 0.3) is 0 Å². The first-order chi connectivity index (χ1) is 11.1. The first kappa shape index (κ1) is 14.4. The topological polar surface area (TPSA) is 78.5 Å². The Bertz CT molecular complexity index is 709. The summed E-state index contributed by atoms with van der Waals surface area (Å²) in [6.45, 7) is 1.76.